The first-order valence-corrected chi connectivity index (χ1v) is 14.1. The highest BCUT2D eigenvalue weighted by atomic mass is 31.1. The van der Waals surface area contributed by atoms with Crippen molar-refractivity contribution in [2.45, 2.75) is 13.8 Å². The van der Waals surface area contributed by atoms with Crippen molar-refractivity contribution >= 4 is 34.6 Å². The maximum Gasteiger partial charge on any atom is -0.00735 e. The third kappa shape index (κ3) is 4.62. The fraction of sp³-hybridized carbons (Fsp3) is 0.0556. The molecule has 0 spiro atoms. The molecule has 0 nitrogen and oxygen atoms in total. The first kappa shape index (κ1) is 23.4. The van der Waals surface area contributed by atoms with Crippen molar-refractivity contribution in [3.05, 3.63) is 151 Å². The molecule has 0 N–H and O–H groups in total. The average molecular weight is 493 g/mol. The van der Waals surface area contributed by atoms with Crippen LogP contribution in [-0.4, -0.2) is 0 Å². The summed E-state index contributed by atoms with van der Waals surface area (Å²) in [4.78, 5) is 0. The Morgan fingerprint density at radius 1 is 0.432 bits per heavy atom. The van der Waals surface area contributed by atoms with Gasteiger partial charge in [0.25, 0.3) is 0 Å². The number of fused-ring (bicyclic) bond motifs is 1. The summed E-state index contributed by atoms with van der Waals surface area (Å²) >= 11 is 0. The molecule has 0 bridgehead atoms. The summed E-state index contributed by atoms with van der Waals surface area (Å²) in [6.07, 6.45) is 0. The lowest BCUT2D eigenvalue weighted by Crippen LogP contribution is -2.20. The molecule has 0 fully saturated rings. The molecule has 0 amide bonds. The maximum atomic E-state index is 2.31. The quantitative estimate of drug-likeness (QED) is 0.212. The first-order valence-electron chi connectivity index (χ1n) is 12.8. The van der Waals surface area contributed by atoms with Gasteiger partial charge in [0.2, 0.25) is 0 Å². The summed E-state index contributed by atoms with van der Waals surface area (Å²) < 4.78 is 0. The summed E-state index contributed by atoms with van der Waals surface area (Å²) in [6, 6.07) is 51.0. The zero-order valence-corrected chi connectivity index (χ0v) is 22.1. The fourth-order valence-electron chi connectivity index (χ4n) is 5.20. The van der Waals surface area contributed by atoms with Crippen LogP contribution in [0.5, 0.6) is 0 Å². The molecule has 0 heterocycles. The van der Waals surface area contributed by atoms with Crippen LogP contribution >= 0.6 is 7.92 Å². The van der Waals surface area contributed by atoms with Gasteiger partial charge in [0.05, 0.1) is 0 Å². The molecule has 0 aliphatic carbocycles. The zero-order valence-electron chi connectivity index (χ0n) is 21.2. The van der Waals surface area contributed by atoms with E-state index in [2.05, 4.69) is 153 Å². The van der Waals surface area contributed by atoms with Gasteiger partial charge in [-0.1, -0.05) is 140 Å². The van der Waals surface area contributed by atoms with Crippen LogP contribution in [0.2, 0.25) is 0 Å². The van der Waals surface area contributed by atoms with Crippen LogP contribution in [0.1, 0.15) is 11.1 Å². The monoisotopic (exact) mass is 492 g/mol. The van der Waals surface area contributed by atoms with Gasteiger partial charge in [-0.25, -0.2) is 0 Å². The summed E-state index contributed by atoms with van der Waals surface area (Å²) in [5.74, 6) is 0. The molecule has 0 aliphatic heterocycles. The molecule has 6 aromatic carbocycles. The van der Waals surface area contributed by atoms with Crippen molar-refractivity contribution in [3.8, 4) is 22.3 Å². The second-order valence-corrected chi connectivity index (χ2v) is 11.8. The van der Waals surface area contributed by atoms with Gasteiger partial charge in [-0.2, -0.15) is 0 Å². The Balaban J connectivity index is 1.34. The fourth-order valence-corrected chi connectivity index (χ4v) is 7.48. The van der Waals surface area contributed by atoms with E-state index in [1.54, 1.807) is 0 Å². The lowest BCUT2D eigenvalue weighted by atomic mass is 9.90. The van der Waals surface area contributed by atoms with Crippen molar-refractivity contribution in [1.29, 1.82) is 0 Å². The molecule has 0 atom stereocenters. The van der Waals surface area contributed by atoms with Crippen molar-refractivity contribution in [1.82, 2.24) is 0 Å². The Bertz CT molecular complexity index is 1610. The third-order valence-corrected chi connectivity index (χ3v) is 9.67. The van der Waals surface area contributed by atoms with E-state index < -0.39 is 7.92 Å². The van der Waals surface area contributed by atoms with E-state index in [1.807, 2.05) is 0 Å². The van der Waals surface area contributed by atoms with E-state index >= 15 is 0 Å². The Hall–Kier alpha value is -3.99. The Kier molecular flexibility index (Phi) is 6.44. The minimum absolute atomic E-state index is 0.587. The minimum atomic E-state index is -0.587. The molecule has 0 saturated heterocycles. The number of benzene rings is 6. The minimum Gasteiger partial charge on any atom is -0.0622 e. The van der Waals surface area contributed by atoms with Crippen LogP contribution < -0.4 is 15.9 Å². The van der Waals surface area contributed by atoms with Crippen molar-refractivity contribution in [2.24, 2.45) is 0 Å². The number of aryl methyl sites for hydroxylation is 1. The van der Waals surface area contributed by atoms with E-state index in [-0.39, 0.29) is 0 Å². The predicted octanol–water partition coefficient (Wildman–Crippen LogP) is 8.55. The SMILES string of the molecule is Cc1cc2ccccc2c(-c2ccc(-c3ccc(P(c4ccccc4)c4ccccc4)cc3)cc2)c1C. The Morgan fingerprint density at radius 2 is 0.892 bits per heavy atom. The van der Waals surface area contributed by atoms with Crippen LogP contribution in [-0.2, 0) is 0 Å². The standard InChI is InChI=1S/C36H29P/c1-26-25-31-11-9-10-16-35(31)36(27(26)2)30-19-17-28(18-20-30)29-21-23-34(24-22-29)37(32-12-5-3-6-13-32)33-14-7-4-8-15-33/h3-25H,1-2H3. The van der Waals surface area contributed by atoms with E-state index in [0.29, 0.717) is 0 Å². The van der Waals surface area contributed by atoms with E-state index in [0.717, 1.165) is 0 Å². The first-order chi connectivity index (χ1) is 18.2. The van der Waals surface area contributed by atoms with Crippen LogP contribution in [0.3, 0.4) is 0 Å². The number of hydrogen-bond donors (Lipinski definition) is 0. The molecule has 0 saturated carbocycles. The van der Waals surface area contributed by atoms with Gasteiger partial charge in [0.15, 0.2) is 0 Å². The predicted molar refractivity (Wildman–Crippen MR) is 163 cm³/mol. The normalized spacial score (nSPS) is 11.2. The molecular weight excluding hydrogens is 463 g/mol. The lowest BCUT2D eigenvalue weighted by molar-refractivity contribution is 1.36. The highest BCUT2D eigenvalue weighted by Crippen LogP contribution is 2.36. The van der Waals surface area contributed by atoms with Crippen LogP contribution in [0, 0.1) is 13.8 Å². The highest BCUT2D eigenvalue weighted by Gasteiger charge is 2.16. The van der Waals surface area contributed by atoms with Crippen LogP contribution in [0.4, 0.5) is 0 Å². The van der Waals surface area contributed by atoms with Gasteiger partial charge < -0.3 is 0 Å². The summed E-state index contributed by atoms with van der Waals surface area (Å²) in [5, 5.41) is 6.74. The van der Waals surface area contributed by atoms with Crippen LogP contribution in [0.25, 0.3) is 33.0 Å². The van der Waals surface area contributed by atoms with Gasteiger partial charge in [-0.15, -0.1) is 0 Å². The van der Waals surface area contributed by atoms with Gasteiger partial charge in [0.1, 0.15) is 0 Å². The molecule has 0 radical (unpaired) electrons. The van der Waals surface area contributed by atoms with Gasteiger partial charge in [0, 0.05) is 0 Å². The second kappa shape index (κ2) is 10.2. The number of hydrogen-bond acceptors (Lipinski definition) is 0. The molecule has 0 aromatic heterocycles. The van der Waals surface area contributed by atoms with Crippen molar-refractivity contribution in [2.75, 3.05) is 0 Å². The molecule has 6 aromatic rings. The molecule has 1 heteroatoms. The largest absolute Gasteiger partial charge is 0.0622 e. The molecule has 0 aliphatic rings. The molecule has 6 rings (SSSR count). The Labute approximate surface area is 221 Å². The molecule has 0 unspecified atom stereocenters. The molecular formula is C36H29P. The smallest absolute Gasteiger partial charge is 0.00735 e. The molecule has 37 heavy (non-hydrogen) atoms. The van der Waals surface area contributed by atoms with Crippen molar-refractivity contribution in [3.63, 3.8) is 0 Å². The summed E-state index contributed by atoms with van der Waals surface area (Å²) in [6.45, 7) is 4.45. The third-order valence-electron chi connectivity index (χ3n) is 7.23. The lowest BCUT2D eigenvalue weighted by Gasteiger charge is -2.19. The average Bonchev–Trinajstić information content (AvgIpc) is 2.96. The summed E-state index contributed by atoms with van der Waals surface area (Å²) in [7, 11) is -0.587. The van der Waals surface area contributed by atoms with Crippen molar-refractivity contribution < 1.29 is 0 Å². The second-order valence-electron chi connectivity index (χ2n) is 9.55. The number of rotatable bonds is 5. The Morgan fingerprint density at radius 3 is 1.49 bits per heavy atom. The van der Waals surface area contributed by atoms with Gasteiger partial charge in [-0.05, 0) is 81.8 Å². The summed E-state index contributed by atoms with van der Waals surface area (Å²) in [5.41, 5.74) is 7.79. The molecule has 178 valence electrons. The maximum absolute atomic E-state index is 2.31. The topological polar surface area (TPSA) is 0 Å². The van der Waals surface area contributed by atoms with E-state index in [1.165, 1.54) is 60.1 Å². The zero-order chi connectivity index (χ0) is 25.2. The van der Waals surface area contributed by atoms with Gasteiger partial charge >= 0.3 is 0 Å². The van der Waals surface area contributed by atoms with E-state index in [9.17, 15) is 0 Å². The van der Waals surface area contributed by atoms with Gasteiger partial charge in [-0.3, -0.25) is 0 Å². The van der Waals surface area contributed by atoms with Crippen LogP contribution in [0.15, 0.2) is 140 Å². The van der Waals surface area contributed by atoms with E-state index in [4.69, 9.17) is 0 Å². The highest BCUT2D eigenvalue weighted by molar-refractivity contribution is 7.79.